The molecule has 3 aromatic rings. The van der Waals surface area contributed by atoms with Gasteiger partial charge in [0, 0.05) is 15.1 Å². The average Bonchev–Trinajstić information content (AvgIpc) is 2.97. The van der Waals surface area contributed by atoms with Crippen molar-refractivity contribution in [1.29, 1.82) is 0 Å². The van der Waals surface area contributed by atoms with Crippen molar-refractivity contribution in [2.75, 3.05) is 7.05 Å². The maximum Gasteiger partial charge on any atom is 0.137 e. The van der Waals surface area contributed by atoms with Crippen molar-refractivity contribution in [2.24, 2.45) is 0 Å². The van der Waals surface area contributed by atoms with E-state index in [-0.39, 0.29) is 6.04 Å². The van der Waals surface area contributed by atoms with Crippen LogP contribution in [0.1, 0.15) is 32.7 Å². The summed E-state index contributed by atoms with van der Waals surface area (Å²) in [6.07, 6.45) is 0. The second-order valence-corrected chi connectivity index (χ2v) is 6.54. The number of para-hydroxylation sites is 1. The Kier molecular flexibility index (Phi) is 3.40. The molecule has 1 atom stereocenters. The second-order valence-electron chi connectivity index (χ2n) is 5.25. The molecule has 0 fully saturated rings. The fourth-order valence-electron chi connectivity index (χ4n) is 2.54. The number of hydrogen-bond donors (Lipinski definition) is 1. The summed E-state index contributed by atoms with van der Waals surface area (Å²) in [6, 6.07) is 10.8. The second kappa shape index (κ2) is 5.08. The van der Waals surface area contributed by atoms with E-state index in [0.29, 0.717) is 0 Å². The molecule has 2 nitrogen and oxygen atoms in total. The van der Waals surface area contributed by atoms with Gasteiger partial charge < -0.3 is 9.73 Å². The first-order chi connectivity index (χ1) is 9.60. The van der Waals surface area contributed by atoms with Crippen LogP contribution in [0, 0.1) is 20.8 Å². The zero-order valence-electron chi connectivity index (χ0n) is 12.3. The largest absolute Gasteiger partial charge is 0.459 e. The quantitative estimate of drug-likeness (QED) is 0.752. The van der Waals surface area contributed by atoms with Gasteiger partial charge in [0.2, 0.25) is 0 Å². The van der Waals surface area contributed by atoms with E-state index in [4.69, 9.17) is 4.42 Å². The standard InChI is InChI=1S/C17H19NOS/c1-10-6-5-7-13-9-14(19-17(10)13)16(18-4)15-8-11(2)12(3)20-15/h5-9,16,18H,1-4H3. The molecule has 0 radical (unpaired) electrons. The van der Waals surface area contributed by atoms with Crippen LogP contribution in [0.15, 0.2) is 34.7 Å². The van der Waals surface area contributed by atoms with E-state index in [1.165, 1.54) is 26.3 Å². The first-order valence-electron chi connectivity index (χ1n) is 6.83. The summed E-state index contributed by atoms with van der Waals surface area (Å²) in [6.45, 7) is 6.41. The van der Waals surface area contributed by atoms with Crippen LogP contribution in [-0.2, 0) is 0 Å². The number of nitrogens with one attached hydrogen (secondary N) is 1. The third-order valence-electron chi connectivity index (χ3n) is 3.80. The molecule has 104 valence electrons. The van der Waals surface area contributed by atoms with Crippen molar-refractivity contribution in [3.05, 3.63) is 57.0 Å². The molecule has 0 spiro atoms. The van der Waals surface area contributed by atoms with E-state index in [9.17, 15) is 0 Å². The van der Waals surface area contributed by atoms with E-state index in [2.05, 4.69) is 56.4 Å². The summed E-state index contributed by atoms with van der Waals surface area (Å²) >= 11 is 1.83. The molecule has 1 aromatic carbocycles. The van der Waals surface area contributed by atoms with Crippen molar-refractivity contribution in [3.63, 3.8) is 0 Å². The number of fused-ring (bicyclic) bond motifs is 1. The minimum atomic E-state index is 0.124. The lowest BCUT2D eigenvalue weighted by atomic mass is 10.1. The summed E-state index contributed by atoms with van der Waals surface area (Å²) in [4.78, 5) is 2.67. The lowest BCUT2D eigenvalue weighted by molar-refractivity contribution is 0.494. The van der Waals surface area contributed by atoms with Gasteiger partial charge >= 0.3 is 0 Å². The van der Waals surface area contributed by atoms with Gasteiger partial charge in [0.1, 0.15) is 17.4 Å². The van der Waals surface area contributed by atoms with Crippen molar-refractivity contribution >= 4 is 22.3 Å². The normalized spacial score (nSPS) is 13.0. The van der Waals surface area contributed by atoms with Crippen LogP contribution in [-0.4, -0.2) is 7.05 Å². The van der Waals surface area contributed by atoms with Crippen LogP contribution in [0.3, 0.4) is 0 Å². The predicted molar refractivity (Wildman–Crippen MR) is 85.6 cm³/mol. The number of furan rings is 1. The van der Waals surface area contributed by atoms with Crippen molar-refractivity contribution in [3.8, 4) is 0 Å². The maximum atomic E-state index is 6.10. The molecule has 1 N–H and O–H groups in total. The Morgan fingerprint density at radius 2 is 1.90 bits per heavy atom. The first-order valence-corrected chi connectivity index (χ1v) is 7.65. The molecule has 1 unspecified atom stereocenters. The van der Waals surface area contributed by atoms with E-state index in [1.54, 1.807) is 0 Å². The van der Waals surface area contributed by atoms with Gasteiger partial charge in [-0.1, -0.05) is 18.2 Å². The molecule has 3 rings (SSSR count). The Balaban J connectivity index is 2.09. The zero-order valence-corrected chi connectivity index (χ0v) is 13.1. The smallest absolute Gasteiger partial charge is 0.137 e. The van der Waals surface area contributed by atoms with E-state index in [1.807, 2.05) is 18.4 Å². The number of thiophene rings is 1. The Bertz CT molecular complexity index is 734. The zero-order chi connectivity index (χ0) is 14.3. The highest BCUT2D eigenvalue weighted by Crippen LogP contribution is 2.34. The van der Waals surface area contributed by atoms with Crippen molar-refractivity contribution in [2.45, 2.75) is 26.8 Å². The van der Waals surface area contributed by atoms with Crippen molar-refractivity contribution < 1.29 is 4.42 Å². The lowest BCUT2D eigenvalue weighted by Crippen LogP contribution is -2.15. The summed E-state index contributed by atoms with van der Waals surface area (Å²) in [5.74, 6) is 0.984. The Morgan fingerprint density at radius 1 is 1.10 bits per heavy atom. The third kappa shape index (κ3) is 2.17. The molecule has 3 heteroatoms. The minimum Gasteiger partial charge on any atom is -0.459 e. The highest BCUT2D eigenvalue weighted by atomic mass is 32.1. The molecular weight excluding hydrogens is 266 g/mol. The average molecular weight is 285 g/mol. The van der Waals surface area contributed by atoms with Gasteiger partial charge in [0.15, 0.2) is 0 Å². The SMILES string of the molecule is CNC(c1cc2cccc(C)c2o1)c1cc(C)c(C)s1. The molecule has 0 aliphatic rings. The van der Waals surface area contributed by atoms with Gasteiger partial charge in [-0.2, -0.15) is 0 Å². The molecule has 0 saturated carbocycles. The summed E-state index contributed by atoms with van der Waals surface area (Å²) in [5.41, 5.74) is 3.52. The highest BCUT2D eigenvalue weighted by molar-refractivity contribution is 7.12. The molecule has 20 heavy (non-hydrogen) atoms. The van der Waals surface area contributed by atoms with Crippen LogP contribution < -0.4 is 5.32 Å². The topological polar surface area (TPSA) is 25.2 Å². The molecule has 0 aliphatic carbocycles. The summed E-state index contributed by atoms with van der Waals surface area (Å²) in [7, 11) is 1.98. The summed E-state index contributed by atoms with van der Waals surface area (Å²) in [5, 5.41) is 4.54. The Hall–Kier alpha value is -1.58. The van der Waals surface area contributed by atoms with Crippen LogP contribution in [0.4, 0.5) is 0 Å². The molecule has 0 saturated heterocycles. The molecule has 2 heterocycles. The highest BCUT2D eigenvalue weighted by Gasteiger charge is 2.19. The van der Waals surface area contributed by atoms with Gasteiger partial charge in [-0.25, -0.2) is 0 Å². The summed E-state index contributed by atoms with van der Waals surface area (Å²) < 4.78 is 6.10. The van der Waals surface area contributed by atoms with Gasteiger partial charge in [0.05, 0.1) is 0 Å². The fraction of sp³-hybridized carbons (Fsp3) is 0.294. The van der Waals surface area contributed by atoms with Crippen LogP contribution in [0.2, 0.25) is 0 Å². The molecule has 0 amide bonds. The monoisotopic (exact) mass is 285 g/mol. The Morgan fingerprint density at radius 3 is 2.50 bits per heavy atom. The van der Waals surface area contributed by atoms with E-state index in [0.717, 1.165) is 11.3 Å². The molecule has 0 bridgehead atoms. The van der Waals surface area contributed by atoms with Crippen LogP contribution >= 0.6 is 11.3 Å². The van der Waals surface area contributed by atoms with Crippen LogP contribution in [0.25, 0.3) is 11.0 Å². The lowest BCUT2D eigenvalue weighted by Gasteiger charge is -2.11. The molecule has 0 aliphatic heterocycles. The van der Waals surface area contributed by atoms with Gasteiger partial charge in [-0.15, -0.1) is 11.3 Å². The number of rotatable bonds is 3. The molecule has 2 aromatic heterocycles. The fourth-order valence-corrected chi connectivity index (χ4v) is 3.70. The maximum absolute atomic E-state index is 6.10. The number of aryl methyl sites for hydroxylation is 3. The van der Waals surface area contributed by atoms with Gasteiger partial charge in [0.25, 0.3) is 0 Å². The predicted octanol–water partition coefficient (Wildman–Crippen LogP) is 4.73. The third-order valence-corrected chi connectivity index (χ3v) is 5.02. The van der Waals surface area contributed by atoms with E-state index < -0.39 is 0 Å². The van der Waals surface area contributed by atoms with Crippen molar-refractivity contribution in [1.82, 2.24) is 5.32 Å². The first kappa shape index (κ1) is 13.4. The number of hydrogen-bond acceptors (Lipinski definition) is 3. The van der Waals surface area contributed by atoms with Gasteiger partial charge in [-0.3, -0.25) is 0 Å². The number of benzene rings is 1. The van der Waals surface area contributed by atoms with Gasteiger partial charge in [-0.05, 0) is 51.1 Å². The minimum absolute atomic E-state index is 0.124. The molecular formula is C17H19NOS. The Labute approximate surface area is 123 Å². The van der Waals surface area contributed by atoms with E-state index >= 15 is 0 Å². The van der Waals surface area contributed by atoms with Crippen LogP contribution in [0.5, 0.6) is 0 Å².